The first kappa shape index (κ1) is 8.92. The Bertz CT molecular complexity index is 42.2. The van der Waals surface area contributed by atoms with E-state index in [1.54, 1.807) is 0 Å². The van der Waals surface area contributed by atoms with E-state index in [1.807, 2.05) is 14.0 Å². The van der Waals surface area contributed by atoms with Gasteiger partial charge in [0, 0.05) is 13.2 Å². The smallest absolute Gasteiger partial charge is 0.0466 e. The van der Waals surface area contributed by atoms with E-state index in [4.69, 9.17) is 4.74 Å². The zero-order valence-electron chi connectivity index (χ0n) is 6.44. The number of hydrogen-bond donors (Lipinski definition) is 1. The molecule has 0 aromatic rings. The molecule has 0 heterocycles. The Kier molecular flexibility index (Phi) is 7.85. The van der Waals surface area contributed by atoms with Crippen molar-refractivity contribution in [3.05, 3.63) is 0 Å². The second-order valence-electron chi connectivity index (χ2n) is 2.01. The van der Waals surface area contributed by atoms with Gasteiger partial charge >= 0.3 is 0 Å². The third-order valence-electron chi connectivity index (χ3n) is 1.17. The first-order valence-corrected chi connectivity index (χ1v) is 3.64. The summed E-state index contributed by atoms with van der Waals surface area (Å²) < 4.78 is 5.15. The Morgan fingerprint density at radius 1 is 1.33 bits per heavy atom. The minimum Gasteiger partial charge on any atom is -0.382 e. The van der Waals surface area contributed by atoms with Crippen LogP contribution in [0.15, 0.2) is 0 Å². The van der Waals surface area contributed by atoms with Crippen molar-refractivity contribution in [2.24, 2.45) is 0 Å². The van der Waals surface area contributed by atoms with Gasteiger partial charge in [-0.3, -0.25) is 0 Å². The quantitative estimate of drug-likeness (QED) is 0.543. The van der Waals surface area contributed by atoms with Gasteiger partial charge in [0.2, 0.25) is 0 Å². The predicted octanol–water partition coefficient (Wildman–Crippen LogP) is 1.02. The lowest BCUT2D eigenvalue weighted by Gasteiger charge is -1.99. The van der Waals surface area contributed by atoms with Crippen LogP contribution in [0.1, 0.15) is 19.8 Å². The molecule has 0 bridgehead atoms. The van der Waals surface area contributed by atoms with Crippen molar-refractivity contribution in [2.45, 2.75) is 19.8 Å². The minimum atomic E-state index is 0.847. The van der Waals surface area contributed by atoms with E-state index in [0.29, 0.717) is 0 Å². The number of nitrogens with one attached hydrogen (secondary N) is 1. The average Bonchev–Trinajstić information content (AvgIpc) is 1.89. The summed E-state index contributed by atoms with van der Waals surface area (Å²) in [6.07, 6.45) is 2.39. The van der Waals surface area contributed by atoms with E-state index < -0.39 is 0 Å². The lowest BCUT2D eigenvalue weighted by molar-refractivity contribution is 0.143. The summed E-state index contributed by atoms with van der Waals surface area (Å²) in [5.41, 5.74) is 0. The fraction of sp³-hybridized carbons (Fsp3) is 1.00. The van der Waals surface area contributed by atoms with Crippen molar-refractivity contribution in [1.29, 1.82) is 0 Å². The van der Waals surface area contributed by atoms with Gasteiger partial charge in [-0.15, -0.1) is 0 Å². The summed E-state index contributed by atoms with van der Waals surface area (Å²) >= 11 is 0. The molecule has 56 valence electrons. The van der Waals surface area contributed by atoms with Crippen LogP contribution in [0.25, 0.3) is 0 Å². The molecule has 0 radical (unpaired) electrons. The van der Waals surface area contributed by atoms with Crippen molar-refractivity contribution in [1.82, 2.24) is 5.32 Å². The number of rotatable bonds is 6. The van der Waals surface area contributed by atoms with Crippen molar-refractivity contribution in [3.8, 4) is 0 Å². The van der Waals surface area contributed by atoms with Gasteiger partial charge in [-0.2, -0.15) is 0 Å². The molecule has 0 unspecified atom stereocenters. The molecule has 1 N–H and O–H groups in total. The van der Waals surface area contributed by atoms with Crippen LogP contribution < -0.4 is 5.32 Å². The van der Waals surface area contributed by atoms with E-state index >= 15 is 0 Å². The fourth-order valence-electron chi connectivity index (χ4n) is 0.650. The minimum absolute atomic E-state index is 0.847. The number of ether oxygens (including phenoxy) is 1. The normalized spacial score (nSPS) is 10.0. The van der Waals surface area contributed by atoms with E-state index in [0.717, 1.165) is 19.8 Å². The Balaban J connectivity index is 2.60. The van der Waals surface area contributed by atoms with Gasteiger partial charge in [0.15, 0.2) is 0 Å². The summed E-state index contributed by atoms with van der Waals surface area (Å²) in [7, 11) is 1.97. The standard InChI is InChI=1S/C7H17NO/c1-3-9-7-5-4-6-8-2/h8H,3-7H2,1-2H3. The molecule has 2 heteroatoms. The van der Waals surface area contributed by atoms with Crippen LogP contribution in [0.3, 0.4) is 0 Å². The highest BCUT2D eigenvalue weighted by atomic mass is 16.5. The van der Waals surface area contributed by atoms with Crippen molar-refractivity contribution in [3.63, 3.8) is 0 Å². The monoisotopic (exact) mass is 131 g/mol. The largest absolute Gasteiger partial charge is 0.382 e. The lowest BCUT2D eigenvalue weighted by Crippen LogP contribution is -2.08. The molecule has 0 spiro atoms. The van der Waals surface area contributed by atoms with Crippen molar-refractivity contribution < 1.29 is 4.74 Å². The topological polar surface area (TPSA) is 21.3 Å². The van der Waals surface area contributed by atoms with Gasteiger partial charge in [0.1, 0.15) is 0 Å². The summed E-state index contributed by atoms with van der Waals surface area (Å²) in [6, 6.07) is 0. The van der Waals surface area contributed by atoms with Gasteiger partial charge in [-0.25, -0.2) is 0 Å². The molecule has 0 aromatic heterocycles. The summed E-state index contributed by atoms with van der Waals surface area (Å²) in [4.78, 5) is 0. The molecular weight excluding hydrogens is 114 g/mol. The molecule has 2 nitrogen and oxygen atoms in total. The second-order valence-corrected chi connectivity index (χ2v) is 2.01. The SMILES string of the molecule is CCOCCCCNC. The highest BCUT2D eigenvalue weighted by molar-refractivity contribution is 4.40. The molecule has 0 aliphatic rings. The van der Waals surface area contributed by atoms with Crippen LogP contribution in [0.5, 0.6) is 0 Å². The molecule has 0 rings (SSSR count). The van der Waals surface area contributed by atoms with Gasteiger partial charge in [0.05, 0.1) is 0 Å². The van der Waals surface area contributed by atoms with Gasteiger partial charge < -0.3 is 10.1 Å². The Hall–Kier alpha value is -0.0800. The first-order chi connectivity index (χ1) is 4.41. The molecule has 0 amide bonds. The molecular formula is C7H17NO. The zero-order valence-corrected chi connectivity index (χ0v) is 6.44. The number of unbranched alkanes of at least 4 members (excludes halogenated alkanes) is 1. The van der Waals surface area contributed by atoms with E-state index in [9.17, 15) is 0 Å². The van der Waals surface area contributed by atoms with Gasteiger partial charge in [-0.05, 0) is 33.4 Å². The molecule has 0 saturated carbocycles. The maximum absolute atomic E-state index is 5.15. The van der Waals surface area contributed by atoms with Crippen LogP contribution in [-0.2, 0) is 4.74 Å². The highest BCUT2D eigenvalue weighted by Gasteiger charge is 1.84. The van der Waals surface area contributed by atoms with Crippen LogP contribution in [0, 0.1) is 0 Å². The third kappa shape index (κ3) is 7.92. The fourth-order valence-corrected chi connectivity index (χ4v) is 0.650. The summed E-state index contributed by atoms with van der Waals surface area (Å²) in [6.45, 7) is 4.89. The van der Waals surface area contributed by atoms with Gasteiger partial charge in [0.25, 0.3) is 0 Å². The number of hydrogen-bond acceptors (Lipinski definition) is 2. The maximum Gasteiger partial charge on any atom is 0.0466 e. The van der Waals surface area contributed by atoms with Crippen molar-refractivity contribution in [2.75, 3.05) is 26.8 Å². The lowest BCUT2D eigenvalue weighted by atomic mass is 10.3. The van der Waals surface area contributed by atoms with E-state index in [1.165, 1.54) is 12.8 Å². The van der Waals surface area contributed by atoms with E-state index in [-0.39, 0.29) is 0 Å². The predicted molar refractivity (Wildman–Crippen MR) is 39.7 cm³/mol. The maximum atomic E-state index is 5.15. The summed E-state index contributed by atoms with van der Waals surface area (Å²) in [5, 5.41) is 3.09. The van der Waals surface area contributed by atoms with Gasteiger partial charge in [-0.1, -0.05) is 0 Å². The molecule has 0 aliphatic heterocycles. The Labute approximate surface area is 57.6 Å². The molecule has 0 saturated heterocycles. The second kappa shape index (κ2) is 7.92. The Morgan fingerprint density at radius 2 is 2.11 bits per heavy atom. The molecule has 0 aliphatic carbocycles. The average molecular weight is 131 g/mol. The first-order valence-electron chi connectivity index (χ1n) is 3.64. The van der Waals surface area contributed by atoms with Crippen LogP contribution in [0.2, 0.25) is 0 Å². The third-order valence-corrected chi connectivity index (χ3v) is 1.17. The van der Waals surface area contributed by atoms with Crippen LogP contribution >= 0.6 is 0 Å². The molecule has 0 fully saturated rings. The molecule has 9 heavy (non-hydrogen) atoms. The van der Waals surface area contributed by atoms with Crippen molar-refractivity contribution >= 4 is 0 Å². The summed E-state index contributed by atoms with van der Waals surface area (Å²) in [5.74, 6) is 0. The molecule has 0 atom stereocenters. The highest BCUT2D eigenvalue weighted by Crippen LogP contribution is 1.86. The zero-order chi connectivity index (χ0) is 6.95. The van der Waals surface area contributed by atoms with Crippen LogP contribution in [0.4, 0.5) is 0 Å². The Morgan fingerprint density at radius 3 is 2.67 bits per heavy atom. The molecule has 0 aromatic carbocycles. The van der Waals surface area contributed by atoms with Crippen LogP contribution in [-0.4, -0.2) is 26.8 Å². The van der Waals surface area contributed by atoms with E-state index in [2.05, 4.69) is 5.32 Å².